The van der Waals surface area contributed by atoms with Gasteiger partial charge in [0.05, 0.1) is 4.90 Å². The third-order valence-corrected chi connectivity index (χ3v) is 9.16. The number of nitrogens with one attached hydrogen (secondary N) is 1. The quantitative estimate of drug-likeness (QED) is 0.611. The Kier molecular flexibility index (Phi) is 7.59. The van der Waals surface area contributed by atoms with Crippen molar-refractivity contribution in [3.05, 3.63) is 41.4 Å². The zero-order chi connectivity index (χ0) is 26.2. The van der Waals surface area contributed by atoms with Gasteiger partial charge in [0.25, 0.3) is 0 Å². The Bertz CT molecular complexity index is 1300. The molecule has 2 saturated heterocycles. The number of hydrogen-bond donors (Lipinski definition) is 1. The summed E-state index contributed by atoms with van der Waals surface area (Å²) >= 11 is 6.03. The van der Waals surface area contributed by atoms with Gasteiger partial charge in [-0.15, -0.1) is 0 Å². The molecule has 194 valence electrons. The maximum atomic E-state index is 13.4. The molecule has 2 aromatic rings. The van der Waals surface area contributed by atoms with Gasteiger partial charge in [0.2, 0.25) is 27.7 Å². The molecule has 2 aliphatic heterocycles. The minimum absolute atomic E-state index is 0.0903. The number of carbonyl (C=O) groups excluding carboxylic acids is 3. The van der Waals surface area contributed by atoms with Crippen molar-refractivity contribution < 1.29 is 22.8 Å². The molecule has 0 radical (unpaired) electrons. The lowest BCUT2D eigenvalue weighted by molar-refractivity contribution is -0.144. The highest BCUT2D eigenvalue weighted by Crippen LogP contribution is 2.28. The number of rotatable bonds is 6. The molecule has 0 spiro atoms. The van der Waals surface area contributed by atoms with Crippen LogP contribution in [0.15, 0.2) is 41.3 Å². The smallest absolute Gasteiger partial charge is 0.245 e. The molecule has 2 heterocycles. The lowest BCUT2D eigenvalue weighted by Gasteiger charge is -2.36. The van der Waals surface area contributed by atoms with Gasteiger partial charge >= 0.3 is 0 Å². The van der Waals surface area contributed by atoms with Crippen LogP contribution in [0.5, 0.6) is 0 Å². The van der Waals surface area contributed by atoms with Crippen molar-refractivity contribution in [2.45, 2.75) is 56.1 Å². The van der Waals surface area contributed by atoms with Crippen LogP contribution in [0.4, 0.5) is 0 Å². The predicted octanol–water partition coefficient (Wildman–Crippen LogP) is 2.23. The summed E-state index contributed by atoms with van der Waals surface area (Å²) in [5, 5.41) is 4.97. The van der Waals surface area contributed by atoms with Gasteiger partial charge in [0, 0.05) is 44.7 Å². The van der Waals surface area contributed by atoms with Crippen molar-refractivity contribution in [2.24, 2.45) is 0 Å². The van der Waals surface area contributed by atoms with E-state index in [1.54, 1.807) is 42.2 Å². The van der Waals surface area contributed by atoms with Crippen molar-refractivity contribution >= 4 is 50.1 Å². The first-order valence-electron chi connectivity index (χ1n) is 12.0. The number of carbonyl (C=O) groups is 3. The van der Waals surface area contributed by atoms with Crippen LogP contribution < -0.4 is 5.32 Å². The maximum absolute atomic E-state index is 13.4. The van der Waals surface area contributed by atoms with Crippen molar-refractivity contribution in [1.29, 1.82) is 0 Å². The van der Waals surface area contributed by atoms with Gasteiger partial charge in [-0.3, -0.25) is 14.4 Å². The molecule has 3 atom stereocenters. The number of amides is 3. The number of halogens is 1. The topological polar surface area (TPSA) is 107 Å². The Morgan fingerprint density at radius 3 is 2.53 bits per heavy atom. The fourth-order valence-corrected chi connectivity index (χ4v) is 6.64. The van der Waals surface area contributed by atoms with Crippen LogP contribution in [-0.2, 0) is 24.4 Å². The lowest BCUT2D eigenvalue weighted by atomic mass is 10.0. The first-order valence-corrected chi connectivity index (χ1v) is 13.8. The van der Waals surface area contributed by atoms with Crippen molar-refractivity contribution in [3.63, 3.8) is 0 Å². The first kappa shape index (κ1) is 26.4. The number of nitrogens with zero attached hydrogens (tertiary/aromatic N) is 3. The predicted molar refractivity (Wildman–Crippen MR) is 137 cm³/mol. The van der Waals surface area contributed by atoms with E-state index in [0.29, 0.717) is 24.5 Å². The van der Waals surface area contributed by atoms with E-state index in [0.717, 1.165) is 27.9 Å². The fraction of sp³-hybridized carbons (Fsp3) is 0.480. The summed E-state index contributed by atoms with van der Waals surface area (Å²) in [4.78, 5) is 41.1. The number of hydrogen-bond acceptors (Lipinski definition) is 5. The second kappa shape index (κ2) is 10.4. The minimum atomic E-state index is -3.95. The van der Waals surface area contributed by atoms with Gasteiger partial charge < -0.3 is 15.1 Å². The van der Waals surface area contributed by atoms with E-state index < -0.39 is 22.1 Å². The Balaban J connectivity index is 1.46. The SMILES string of the molecule is CC(=O)NC1CCCN(C(=O)[C@@H](C)N2CC[C@H](N(C)S(=O)(=O)c3ccc4cc(Cl)ccc4c3)C2=O)C1. The monoisotopic (exact) mass is 534 g/mol. The summed E-state index contributed by atoms with van der Waals surface area (Å²) in [6, 6.07) is 8.26. The molecule has 1 unspecified atom stereocenters. The summed E-state index contributed by atoms with van der Waals surface area (Å²) < 4.78 is 27.9. The van der Waals surface area contributed by atoms with Gasteiger partial charge in [-0.05, 0) is 61.2 Å². The van der Waals surface area contributed by atoms with Gasteiger partial charge in [0.15, 0.2) is 0 Å². The molecule has 36 heavy (non-hydrogen) atoms. The highest BCUT2D eigenvalue weighted by atomic mass is 35.5. The first-order chi connectivity index (χ1) is 17.0. The van der Waals surface area contributed by atoms with Crippen LogP contribution in [0.25, 0.3) is 10.8 Å². The molecule has 2 aliphatic rings. The average Bonchev–Trinajstić information content (AvgIpc) is 3.22. The second-order valence-electron chi connectivity index (χ2n) is 9.51. The summed E-state index contributed by atoms with van der Waals surface area (Å²) in [5.41, 5.74) is 0. The van der Waals surface area contributed by atoms with E-state index in [9.17, 15) is 22.8 Å². The number of fused-ring (bicyclic) bond motifs is 1. The maximum Gasteiger partial charge on any atom is 0.245 e. The molecule has 2 aromatic carbocycles. The minimum Gasteiger partial charge on any atom is -0.352 e. The molecular formula is C25H31ClN4O5S. The highest BCUT2D eigenvalue weighted by Gasteiger charge is 2.43. The highest BCUT2D eigenvalue weighted by molar-refractivity contribution is 7.89. The van der Waals surface area contributed by atoms with Crippen LogP contribution in [-0.4, -0.2) is 85.1 Å². The number of benzene rings is 2. The summed E-state index contributed by atoms with van der Waals surface area (Å²) in [6.07, 6.45) is 1.86. The normalized spacial score (nSPS) is 21.8. The average molecular weight is 535 g/mol. The Labute approximate surface area is 216 Å². The molecule has 1 N–H and O–H groups in total. The summed E-state index contributed by atoms with van der Waals surface area (Å²) in [6.45, 7) is 4.37. The summed E-state index contributed by atoms with van der Waals surface area (Å²) in [5.74, 6) is -0.720. The van der Waals surface area contributed by atoms with Crippen LogP contribution in [0.2, 0.25) is 5.02 Å². The van der Waals surface area contributed by atoms with E-state index in [2.05, 4.69) is 5.32 Å². The molecular weight excluding hydrogens is 504 g/mol. The van der Waals surface area contributed by atoms with Gasteiger partial charge in [-0.25, -0.2) is 8.42 Å². The largest absolute Gasteiger partial charge is 0.352 e. The number of sulfonamides is 1. The molecule has 0 aliphatic carbocycles. The molecule has 2 fully saturated rings. The lowest BCUT2D eigenvalue weighted by Crippen LogP contribution is -2.55. The van der Waals surface area contributed by atoms with E-state index in [1.807, 2.05) is 0 Å². The molecule has 11 heteroatoms. The molecule has 3 amide bonds. The Morgan fingerprint density at radius 1 is 1.11 bits per heavy atom. The molecule has 0 aromatic heterocycles. The molecule has 9 nitrogen and oxygen atoms in total. The van der Waals surface area contributed by atoms with E-state index in [1.165, 1.54) is 24.9 Å². The van der Waals surface area contributed by atoms with Crippen LogP contribution in [0.3, 0.4) is 0 Å². The number of likely N-dealkylation sites (tertiary alicyclic amines) is 2. The Morgan fingerprint density at radius 2 is 1.81 bits per heavy atom. The van der Waals surface area contributed by atoms with E-state index in [-0.39, 0.29) is 35.2 Å². The Hall–Kier alpha value is -2.69. The van der Waals surface area contributed by atoms with Crippen LogP contribution >= 0.6 is 11.6 Å². The van der Waals surface area contributed by atoms with Crippen molar-refractivity contribution in [2.75, 3.05) is 26.7 Å². The van der Waals surface area contributed by atoms with Crippen molar-refractivity contribution in [1.82, 2.24) is 19.4 Å². The zero-order valence-electron chi connectivity index (χ0n) is 20.6. The second-order valence-corrected chi connectivity index (χ2v) is 11.9. The third kappa shape index (κ3) is 5.21. The number of piperidine rings is 1. The molecule has 4 rings (SSSR count). The third-order valence-electron chi connectivity index (χ3n) is 7.07. The fourth-order valence-electron chi connectivity index (χ4n) is 5.08. The molecule has 0 saturated carbocycles. The van der Waals surface area contributed by atoms with E-state index >= 15 is 0 Å². The van der Waals surface area contributed by atoms with Gasteiger partial charge in [-0.1, -0.05) is 23.7 Å². The summed E-state index contributed by atoms with van der Waals surface area (Å²) in [7, 11) is -2.54. The van der Waals surface area contributed by atoms with Crippen molar-refractivity contribution in [3.8, 4) is 0 Å². The van der Waals surface area contributed by atoms with Crippen LogP contribution in [0, 0.1) is 0 Å². The van der Waals surface area contributed by atoms with Crippen LogP contribution in [0.1, 0.15) is 33.1 Å². The molecule has 0 bridgehead atoms. The van der Waals surface area contributed by atoms with Gasteiger partial charge in [-0.2, -0.15) is 4.31 Å². The number of likely N-dealkylation sites (N-methyl/N-ethyl adjacent to an activating group) is 1. The van der Waals surface area contributed by atoms with Gasteiger partial charge in [0.1, 0.15) is 12.1 Å². The van der Waals surface area contributed by atoms with E-state index in [4.69, 9.17) is 11.6 Å². The standard InChI is InChI=1S/C25H31ClN4O5S/c1-16(24(32)29-11-4-5-21(15-29)27-17(2)31)30-12-10-23(25(30)33)28(3)36(34,35)22-9-7-18-13-20(26)8-6-19(18)14-22/h6-9,13-14,16,21,23H,4-5,10-12,15H2,1-3H3,(H,27,31)/t16-,21?,23+/m1/s1. The zero-order valence-corrected chi connectivity index (χ0v) is 22.2.